The summed E-state index contributed by atoms with van der Waals surface area (Å²) in [7, 11) is 0. The molecule has 1 aliphatic carbocycles. The Morgan fingerprint density at radius 2 is 1.81 bits per heavy atom. The highest BCUT2D eigenvalue weighted by Crippen LogP contribution is 2.39. The predicted octanol–water partition coefficient (Wildman–Crippen LogP) is 3.87. The fraction of sp³-hybridized carbons (Fsp3) is 1.00. The van der Waals surface area contributed by atoms with E-state index in [0.717, 1.165) is 25.9 Å². The van der Waals surface area contributed by atoms with Gasteiger partial charge in [-0.3, -0.25) is 4.90 Å². The molecule has 0 radical (unpaired) electrons. The second-order valence-corrected chi connectivity index (χ2v) is 8.63. The van der Waals surface area contributed by atoms with Crippen LogP contribution in [0.25, 0.3) is 0 Å². The van der Waals surface area contributed by atoms with Crippen molar-refractivity contribution in [2.75, 3.05) is 25.4 Å². The third kappa shape index (κ3) is 4.52. The van der Waals surface area contributed by atoms with E-state index in [0.29, 0.717) is 12.6 Å². The topological polar surface area (TPSA) is 15.3 Å². The number of hydrogen-bond donors (Lipinski definition) is 1. The zero-order valence-corrected chi connectivity index (χ0v) is 14.0. The smallest absolute Gasteiger partial charge is 0.310 e. The van der Waals surface area contributed by atoms with Crippen LogP contribution in [0.1, 0.15) is 46.5 Å². The second-order valence-electron chi connectivity index (χ2n) is 7.47. The van der Waals surface area contributed by atoms with Crippen molar-refractivity contribution in [1.82, 2.24) is 10.2 Å². The average molecular weight is 324 g/mol. The van der Waals surface area contributed by atoms with E-state index in [9.17, 15) is 13.2 Å². The molecule has 6 heteroatoms. The minimum Gasteiger partial charge on any atom is -0.310 e. The van der Waals surface area contributed by atoms with Crippen molar-refractivity contribution < 1.29 is 13.2 Å². The van der Waals surface area contributed by atoms with Crippen molar-refractivity contribution in [3.63, 3.8) is 0 Å². The first-order valence-corrected chi connectivity index (χ1v) is 8.80. The van der Waals surface area contributed by atoms with Crippen LogP contribution >= 0.6 is 11.8 Å². The van der Waals surface area contributed by atoms with Crippen LogP contribution in [0.15, 0.2) is 0 Å². The minimum atomic E-state index is -4.11. The molecular formula is C15H27F3N2S. The van der Waals surface area contributed by atoms with Gasteiger partial charge >= 0.3 is 5.51 Å². The fourth-order valence-electron chi connectivity index (χ4n) is 3.61. The molecule has 0 amide bonds. The van der Waals surface area contributed by atoms with E-state index < -0.39 is 5.51 Å². The van der Waals surface area contributed by atoms with Crippen LogP contribution in [0, 0.1) is 5.41 Å². The van der Waals surface area contributed by atoms with Gasteiger partial charge in [-0.25, -0.2) is 0 Å². The summed E-state index contributed by atoms with van der Waals surface area (Å²) in [5.41, 5.74) is -3.87. The molecule has 1 heterocycles. The van der Waals surface area contributed by atoms with Crippen LogP contribution in [0.3, 0.4) is 0 Å². The zero-order valence-electron chi connectivity index (χ0n) is 13.2. The number of nitrogens with zero attached hydrogens (tertiary/aromatic N) is 1. The Morgan fingerprint density at radius 1 is 1.19 bits per heavy atom. The molecule has 0 aromatic carbocycles. The summed E-state index contributed by atoms with van der Waals surface area (Å²) in [6.45, 7) is 8.91. The van der Waals surface area contributed by atoms with Gasteiger partial charge in [-0.2, -0.15) is 13.2 Å². The highest BCUT2D eigenvalue weighted by molar-refractivity contribution is 8.00. The number of piperazine rings is 1. The molecule has 2 nitrogen and oxygen atoms in total. The Bertz CT molecular complexity index is 346. The minimum absolute atomic E-state index is 0.105. The summed E-state index contributed by atoms with van der Waals surface area (Å²) in [4.78, 5) is 2.35. The lowest BCUT2D eigenvalue weighted by Gasteiger charge is -2.51. The number of nitrogens with one attached hydrogen (secondary N) is 1. The van der Waals surface area contributed by atoms with E-state index in [1.807, 2.05) is 0 Å². The van der Waals surface area contributed by atoms with Crippen molar-refractivity contribution in [3.8, 4) is 0 Å². The van der Waals surface area contributed by atoms with Crippen LogP contribution < -0.4 is 5.32 Å². The third-order valence-corrected chi connectivity index (χ3v) is 5.67. The van der Waals surface area contributed by atoms with E-state index in [2.05, 4.69) is 31.0 Å². The Labute approximate surface area is 130 Å². The summed E-state index contributed by atoms with van der Waals surface area (Å²) < 4.78 is 37.1. The molecule has 1 atom stereocenters. The van der Waals surface area contributed by atoms with Gasteiger partial charge in [-0.05, 0) is 30.0 Å². The van der Waals surface area contributed by atoms with Crippen molar-refractivity contribution in [1.29, 1.82) is 0 Å². The molecule has 1 aliphatic heterocycles. The molecule has 124 valence electrons. The van der Waals surface area contributed by atoms with Crippen molar-refractivity contribution in [2.24, 2.45) is 5.41 Å². The van der Waals surface area contributed by atoms with Crippen molar-refractivity contribution in [2.45, 2.75) is 63.5 Å². The van der Waals surface area contributed by atoms with E-state index in [-0.39, 0.29) is 28.5 Å². The van der Waals surface area contributed by atoms with Gasteiger partial charge in [0.1, 0.15) is 0 Å². The molecule has 1 N–H and O–H groups in total. The molecule has 21 heavy (non-hydrogen) atoms. The van der Waals surface area contributed by atoms with Crippen LogP contribution in [-0.2, 0) is 0 Å². The highest BCUT2D eigenvalue weighted by Gasteiger charge is 2.45. The van der Waals surface area contributed by atoms with Gasteiger partial charge in [0.15, 0.2) is 0 Å². The summed E-state index contributed by atoms with van der Waals surface area (Å²) in [6, 6.07) is 0.347. The van der Waals surface area contributed by atoms with Crippen LogP contribution in [0.5, 0.6) is 0 Å². The maximum atomic E-state index is 12.4. The number of hydrogen-bond acceptors (Lipinski definition) is 3. The van der Waals surface area contributed by atoms with E-state index in [4.69, 9.17) is 0 Å². The Morgan fingerprint density at radius 3 is 2.33 bits per heavy atom. The van der Waals surface area contributed by atoms with Crippen LogP contribution in [-0.4, -0.2) is 47.4 Å². The quantitative estimate of drug-likeness (QED) is 0.848. The standard InChI is InChI=1S/C15H27F3N2S/c1-13(2,3)12-10-20(8-9-21-15(16,17)18)14(11-19-12)6-4-5-7-14/h12,19H,4-11H2,1-3H3. The first-order chi connectivity index (χ1) is 9.62. The molecule has 0 bridgehead atoms. The normalized spacial score (nSPS) is 27.4. The van der Waals surface area contributed by atoms with E-state index >= 15 is 0 Å². The summed E-state index contributed by atoms with van der Waals surface area (Å²) in [5.74, 6) is 0.141. The highest BCUT2D eigenvalue weighted by atomic mass is 32.2. The maximum Gasteiger partial charge on any atom is 0.441 e. The molecule has 2 aliphatic rings. The molecule has 0 aromatic heterocycles. The van der Waals surface area contributed by atoms with Crippen LogP contribution in [0.4, 0.5) is 13.2 Å². The van der Waals surface area contributed by atoms with Gasteiger partial charge in [0.2, 0.25) is 0 Å². The van der Waals surface area contributed by atoms with Crippen LogP contribution in [0.2, 0.25) is 0 Å². The zero-order chi connectivity index (χ0) is 15.7. The third-order valence-electron chi connectivity index (χ3n) is 4.96. The molecule has 1 saturated heterocycles. The van der Waals surface area contributed by atoms with Gasteiger partial charge in [-0.1, -0.05) is 33.6 Å². The van der Waals surface area contributed by atoms with Gasteiger partial charge in [0, 0.05) is 37.0 Å². The van der Waals surface area contributed by atoms with Gasteiger partial charge in [0.25, 0.3) is 0 Å². The van der Waals surface area contributed by atoms with Gasteiger partial charge in [0.05, 0.1) is 0 Å². The summed E-state index contributed by atoms with van der Waals surface area (Å²) >= 11 is 0.116. The van der Waals surface area contributed by atoms with Gasteiger partial charge < -0.3 is 5.32 Å². The summed E-state index contributed by atoms with van der Waals surface area (Å²) in [5, 5.41) is 3.66. The van der Waals surface area contributed by atoms with Gasteiger partial charge in [-0.15, -0.1) is 0 Å². The number of rotatable bonds is 3. The lowest BCUT2D eigenvalue weighted by molar-refractivity contribution is -0.0334. The maximum absolute atomic E-state index is 12.4. The SMILES string of the molecule is CC(C)(C)C1CN(CCSC(F)(F)F)C2(CCCC2)CN1. The molecular weight excluding hydrogens is 297 g/mol. The molecule has 1 unspecified atom stereocenters. The average Bonchev–Trinajstić information content (AvgIpc) is 2.78. The molecule has 0 aromatic rings. The number of alkyl halides is 3. The number of thioether (sulfide) groups is 1. The lowest BCUT2D eigenvalue weighted by Crippen LogP contribution is -2.66. The second kappa shape index (κ2) is 6.28. The molecule has 1 spiro atoms. The molecule has 1 saturated carbocycles. The monoisotopic (exact) mass is 324 g/mol. The fourth-order valence-corrected chi connectivity index (χ4v) is 4.15. The summed E-state index contributed by atoms with van der Waals surface area (Å²) in [6.07, 6.45) is 4.64. The molecule has 2 fully saturated rings. The first-order valence-electron chi connectivity index (χ1n) is 7.82. The molecule has 2 rings (SSSR count). The first kappa shape index (κ1) is 17.4. The van der Waals surface area contributed by atoms with Crippen molar-refractivity contribution in [3.05, 3.63) is 0 Å². The van der Waals surface area contributed by atoms with E-state index in [1.165, 1.54) is 12.8 Å². The number of halogens is 3. The van der Waals surface area contributed by atoms with E-state index in [1.54, 1.807) is 0 Å². The predicted molar refractivity (Wildman–Crippen MR) is 82.5 cm³/mol. The Balaban J connectivity index is 2.00. The van der Waals surface area contributed by atoms with Crippen molar-refractivity contribution >= 4 is 11.8 Å². The lowest BCUT2D eigenvalue weighted by atomic mass is 9.81. The largest absolute Gasteiger partial charge is 0.441 e. The Kier molecular flexibility index (Phi) is 5.21. The Hall–Kier alpha value is 0.0600.